The van der Waals surface area contributed by atoms with Crippen LogP contribution in [0.4, 0.5) is 13.2 Å². The van der Waals surface area contributed by atoms with Crippen LogP contribution in [0.2, 0.25) is 0 Å². The van der Waals surface area contributed by atoms with E-state index >= 15 is 0 Å². The molecular weight excluding hydrogens is 404 g/mol. The summed E-state index contributed by atoms with van der Waals surface area (Å²) in [6.45, 7) is 1.75. The first-order valence-corrected chi connectivity index (χ1v) is 10.1. The van der Waals surface area contributed by atoms with E-state index in [4.69, 9.17) is 13.6 Å². The monoisotopic (exact) mass is 422 g/mol. The first-order valence-electron chi connectivity index (χ1n) is 8.66. The Morgan fingerprint density at radius 2 is 1.21 bits per heavy atom. The van der Waals surface area contributed by atoms with E-state index in [1.54, 1.807) is 43.3 Å². The van der Waals surface area contributed by atoms with E-state index in [1.807, 2.05) is 0 Å². The minimum atomic E-state index is -4.84. The molecule has 0 amide bonds. The highest BCUT2D eigenvalue weighted by molar-refractivity contribution is 7.49. The van der Waals surface area contributed by atoms with Crippen LogP contribution in [0.15, 0.2) is 84.9 Å². The summed E-state index contributed by atoms with van der Waals surface area (Å²) in [6.07, 6.45) is -7.34. The highest BCUT2D eigenvalue weighted by Crippen LogP contribution is 2.55. The molecule has 0 heterocycles. The van der Waals surface area contributed by atoms with Crippen LogP contribution in [0, 0.1) is 6.92 Å². The Kier molecular flexibility index (Phi) is 6.30. The number of halogens is 3. The molecule has 0 bridgehead atoms. The Hall–Kier alpha value is -2.76. The van der Waals surface area contributed by atoms with Crippen LogP contribution in [-0.4, -0.2) is 6.18 Å². The van der Waals surface area contributed by atoms with Crippen LogP contribution >= 0.6 is 7.82 Å². The van der Waals surface area contributed by atoms with Gasteiger partial charge in [-0.05, 0) is 36.8 Å². The molecule has 0 fully saturated rings. The van der Waals surface area contributed by atoms with Crippen molar-refractivity contribution in [3.63, 3.8) is 0 Å². The number of aryl methyl sites for hydroxylation is 1. The lowest BCUT2D eigenvalue weighted by atomic mass is 10.1. The molecule has 0 radical (unpaired) electrons. The molecule has 3 aromatic rings. The number of para-hydroxylation sites is 2. The molecule has 0 aliphatic carbocycles. The second-order valence-corrected chi connectivity index (χ2v) is 7.66. The highest BCUT2D eigenvalue weighted by Gasteiger charge is 2.48. The molecule has 152 valence electrons. The normalized spacial score (nSPS) is 13.0. The van der Waals surface area contributed by atoms with Gasteiger partial charge in [0.2, 0.25) is 0 Å². The Bertz CT molecular complexity index is 915. The summed E-state index contributed by atoms with van der Waals surface area (Å²) in [7, 11) is -4.71. The molecule has 1 unspecified atom stereocenters. The van der Waals surface area contributed by atoms with Crippen molar-refractivity contribution >= 4 is 7.82 Å². The topological polar surface area (TPSA) is 44.8 Å². The fraction of sp³-hybridized carbons (Fsp3) is 0.143. The Morgan fingerprint density at radius 3 is 1.62 bits per heavy atom. The highest BCUT2D eigenvalue weighted by atomic mass is 31.2. The van der Waals surface area contributed by atoms with Gasteiger partial charge in [-0.2, -0.15) is 13.2 Å². The smallest absolute Gasteiger partial charge is 0.395 e. The van der Waals surface area contributed by atoms with Gasteiger partial charge in [0.15, 0.2) is 6.10 Å². The maximum Gasteiger partial charge on any atom is 0.588 e. The number of hydrogen-bond donors (Lipinski definition) is 0. The van der Waals surface area contributed by atoms with E-state index in [-0.39, 0.29) is 17.1 Å². The van der Waals surface area contributed by atoms with Crippen molar-refractivity contribution in [3.8, 4) is 11.5 Å². The van der Waals surface area contributed by atoms with Crippen molar-refractivity contribution in [3.05, 3.63) is 96.1 Å². The van der Waals surface area contributed by atoms with Crippen LogP contribution in [0.1, 0.15) is 17.2 Å². The molecule has 0 saturated carbocycles. The number of phosphoric ester groups is 1. The van der Waals surface area contributed by atoms with Gasteiger partial charge in [0.25, 0.3) is 0 Å². The zero-order chi connectivity index (χ0) is 20.9. The molecule has 0 spiro atoms. The van der Waals surface area contributed by atoms with Crippen molar-refractivity contribution in [1.29, 1.82) is 0 Å². The van der Waals surface area contributed by atoms with E-state index in [1.165, 1.54) is 48.5 Å². The summed E-state index contributed by atoms with van der Waals surface area (Å²) in [4.78, 5) is 0. The predicted octanol–water partition coefficient (Wildman–Crippen LogP) is 6.88. The molecule has 0 aliphatic rings. The lowest BCUT2D eigenvalue weighted by Gasteiger charge is -2.26. The largest absolute Gasteiger partial charge is 0.588 e. The van der Waals surface area contributed by atoms with Crippen LogP contribution in [0.25, 0.3) is 0 Å². The second kappa shape index (κ2) is 8.72. The summed E-state index contributed by atoms with van der Waals surface area (Å²) in [5.74, 6) is 0.105. The lowest BCUT2D eigenvalue weighted by molar-refractivity contribution is -0.201. The Balaban J connectivity index is 1.96. The number of benzene rings is 3. The van der Waals surface area contributed by atoms with Gasteiger partial charge in [0.05, 0.1) is 0 Å². The molecule has 0 N–H and O–H groups in total. The molecule has 0 saturated heterocycles. The van der Waals surface area contributed by atoms with Gasteiger partial charge >= 0.3 is 14.0 Å². The van der Waals surface area contributed by atoms with Crippen molar-refractivity contribution in [2.45, 2.75) is 19.2 Å². The van der Waals surface area contributed by atoms with Crippen molar-refractivity contribution in [2.75, 3.05) is 0 Å². The van der Waals surface area contributed by atoms with E-state index < -0.39 is 20.1 Å². The molecule has 3 aromatic carbocycles. The van der Waals surface area contributed by atoms with Gasteiger partial charge in [-0.25, -0.2) is 9.09 Å². The van der Waals surface area contributed by atoms with Crippen molar-refractivity contribution in [2.24, 2.45) is 0 Å². The van der Waals surface area contributed by atoms with Gasteiger partial charge in [-0.1, -0.05) is 66.2 Å². The fourth-order valence-corrected chi connectivity index (χ4v) is 3.85. The summed E-state index contributed by atoms with van der Waals surface area (Å²) in [6, 6.07) is 21.0. The minimum Gasteiger partial charge on any atom is -0.395 e. The third-order valence-electron chi connectivity index (χ3n) is 3.83. The number of rotatable bonds is 7. The Morgan fingerprint density at radius 1 is 0.759 bits per heavy atom. The first-order chi connectivity index (χ1) is 13.8. The van der Waals surface area contributed by atoms with Crippen molar-refractivity contribution in [1.82, 2.24) is 0 Å². The van der Waals surface area contributed by atoms with Crippen molar-refractivity contribution < 1.29 is 31.3 Å². The van der Waals surface area contributed by atoms with Gasteiger partial charge < -0.3 is 9.05 Å². The maximum atomic E-state index is 13.8. The lowest BCUT2D eigenvalue weighted by Crippen LogP contribution is -2.24. The average Bonchev–Trinajstić information content (AvgIpc) is 2.68. The molecule has 8 heteroatoms. The molecule has 0 aliphatic heterocycles. The Labute approximate surface area is 166 Å². The minimum absolute atomic E-state index is 0.0524. The number of phosphoric acid groups is 1. The average molecular weight is 422 g/mol. The molecule has 29 heavy (non-hydrogen) atoms. The van der Waals surface area contributed by atoms with E-state index in [2.05, 4.69) is 0 Å². The third kappa shape index (κ3) is 5.86. The summed E-state index contributed by atoms with van der Waals surface area (Å²) in [5.41, 5.74) is 0.565. The van der Waals surface area contributed by atoms with E-state index in [0.717, 1.165) is 5.56 Å². The first kappa shape index (κ1) is 21.0. The van der Waals surface area contributed by atoms with Crippen LogP contribution in [0.5, 0.6) is 11.5 Å². The number of alkyl halides is 3. The second-order valence-electron chi connectivity index (χ2n) is 6.19. The SMILES string of the molecule is Cc1ccc(C(OP(=O)(Oc2ccccc2)Oc2ccccc2)C(F)(F)F)cc1. The zero-order valence-corrected chi connectivity index (χ0v) is 16.3. The van der Waals surface area contributed by atoms with Gasteiger partial charge in [-0.3, -0.25) is 0 Å². The number of hydrogen-bond acceptors (Lipinski definition) is 4. The third-order valence-corrected chi connectivity index (χ3v) is 5.17. The fourth-order valence-electron chi connectivity index (χ4n) is 2.46. The molecule has 3 rings (SSSR count). The van der Waals surface area contributed by atoms with Gasteiger partial charge in [0, 0.05) is 0 Å². The molecule has 4 nitrogen and oxygen atoms in total. The quantitative estimate of drug-likeness (QED) is 0.389. The molecule has 1 atom stereocenters. The molecular formula is C21H18F3O4P. The molecule has 0 aromatic heterocycles. The predicted molar refractivity (Wildman–Crippen MR) is 103 cm³/mol. The summed E-state index contributed by atoms with van der Waals surface area (Å²) >= 11 is 0. The van der Waals surface area contributed by atoms with Gasteiger partial charge in [0.1, 0.15) is 11.5 Å². The standard InChI is InChI=1S/C21H18F3O4P/c1-16-12-14-17(15-13-16)20(21(22,23)24)28-29(25,26-18-8-4-2-5-9-18)27-19-10-6-3-7-11-19/h2-15,20H,1H3. The summed E-state index contributed by atoms with van der Waals surface area (Å²) < 4.78 is 70.2. The van der Waals surface area contributed by atoms with E-state index in [9.17, 15) is 17.7 Å². The van der Waals surface area contributed by atoms with Crippen LogP contribution in [-0.2, 0) is 9.09 Å². The van der Waals surface area contributed by atoms with E-state index in [0.29, 0.717) is 0 Å². The van der Waals surface area contributed by atoms with Crippen LogP contribution < -0.4 is 9.05 Å². The zero-order valence-electron chi connectivity index (χ0n) is 15.4. The van der Waals surface area contributed by atoms with Gasteiger partial charge in [-0.15, -0.1) is 0 Å². The summed E-state index contributed by atoms with van der Waals surface area (Å²) in [5, 5.41) is 0. The maximum absolute atomic E-state index is 13.8. The van der Waals surface area contributed by atoms with Crippen LogP contribution in [0.3, 0.4) is 0 Å².